The highest BCUT2D eigenvalue weighted by atomic mass is 16.5. The molecule has 1 aliphatic rings. The maximum Gasteiger partial charge on any atom is 0.167 e. The van der Waals surface area contributed by atoms with Crippen LogP contribution < -0.4 is 5.32 Å². The van der Waals surface area contributed by atoms with Gasteiger partial charge >= 0.3 is 0 Å². The maximum atomic E-state index is 12.7. The van der Waals surface area contributed by atoms with E-state index in [0.29, 0.717) is 31.0 Å². The van der Waals surface area contributed by atoms with E-state index in [1.54, 1.807) is 30.7 Å². The predicted molar refractivity (Wildman–Crippen MR) is 136 cm³/mol. The SMILES string of the molecule is O=C(Cc1cccc(-c2nc3c(c(Nc4ccc(-c5cn[nH]c5)cc4)n2)COC3)c1)c1ccncc1. The lowest BCUT2D eigenvalue weighted by atomic mass is 10.0. The van der Waals surface area contributed by atoms with Crippen LogP contribution in [0.2, 0.25) is 0 Å². The van der Waals surface area contributed by atoms with Crippen LogP contribution in [-0.2, 0) is 24.4 Å². The molecule has 0 fully saturated rings. The molecule has 0 bridgehead atoms. The molecular weight excluding hydrogens is 452 g/mol. The lowest BCUT2D eigenvalue weighted by molar-refractivity contribution is 0.0993. The number of pyridine rings is 1. The standard InChI is InChI=1S/C28H22N6O2/c35-26(20-8-10-29-11-9-20)13-18-2-1-3-21(12-18)27-33-25-17-36-16-24(25)28(34-27)32-23-6-4-19(5-7-23)22-14-30-31-15-22/h1-12,14-15H,13,16-17H2,(H,30,31)(H,32,33,34). The van der Waals surface area contributed by atoms with Crippen LogP contribution in [0.15, 0.2) is 85.5 Å². The third-order valence-corrected chi connectivity index (χ3v) is 6.11. The normalized spacial score (nSPS) is 12.3. The Balaban J connectivity index is 1.28. The monoisotopic (exact) mass is 474 g/mol. The fourth-order valence-corrected chi connectivity index (χ4v) is 4.22. The second-order valence-corrected chi connectivity index (χ2v) is 8.54. The van der Waals surface area contributed by atoms with Gasteiger partial charge in [-0.2, -0.15) is 5.10 Å². The Morgan fingerprint density at radius 3 is 2.61 bits per heavy atom. The number of hydrogen-bond acceptors (Lipinski definition) is 7. The van der Waals surface area contributed by atoms with Crippen LogP contribution in [0.1, 0.15) is 27.2 Å². The van der Waals surface area contributed by atoms with E-state index < -0.39 is 0 Å². The number of ketones is 1. The summed E-state index contributed by atoms with van der Waals surface area (Å²) in [6.45, 7) is 0.907. The molecule has 4 heterocycles. The van der Waals surface area contributed by atoms with Crippen LogP contribution >= 0.6 is 0 Å². The number of H-pyrrole nitrogens is 1. The highest BCUT2D eigenvalue weighted by Gasteiger charge is 2.21. The minimum absolute atomic E-state index is 0.0408. The lowest BCUT2D eigenvalue weighted by Gasteiger charge is -2.12. The van der Waals surface area contributed by atoms with Crippen molar-refractivity contribution in [2.24, 2.45) is 0 Å². The third kappa shape index (κ3) is 4.49. The van der Waals surface area contributed by atoms with Crippen LogP contribution in [0.3, 0.4) is 0 Å². The summed E-state index contributed by atoms with van der Waals surface area (Å²) in [5.74, 6) is 1.36. The van der Waals surface area contributed by atoms with Gasteiger partial charge in [-0.25, -0.2) is 9.97 Å². The number of rotatable bonds is 7. The van der Waals surface area contributed by atoms with Gasteiger partial charge in [0.25, 0.3) is 0 Å². The van der Waals surface area contributed by atoms with Crippen LogP contribution in [0.4, 0.5) is 11.5 Å². The van der Waals surface area contributed by atoms with E-state index in [1.165, 1.54) is 0 Å². The van der Waals surface area contributed by atoms with Crippen LogP contribution in [0.25, 0.3) is 22.5 Å². The van der Waals surface area contributed by atoms with Crippen molar-refractivity contribution in [3.8, 4) is 22.5 Å². The third-order valence-electron chi connectivity index (χ3n) is 6.11. The molecule has 1 aliphatic heterocycles. The number of benzene rings is 2. The van der Waals surface area contributed by atoms with Crippen molar-refractivity contribution in [1.82, 2.24) is 25.1 Å². The number of aromatic nitrogens is 5. The second kappa shape index (κ2) is 9.52. The van der Waals surface area contributed by atoms with Crippen LogP contribution in [0, 0.1) is 0 Å². The van der Waals surface area contributed by atoms with Gasteiger partial charge in [-0.1, -0.05) is 30.3 Å². The van der Waals surface area contributed by atoms with Crippen LogP contribution in [-0.4, -0.2) is 30.9 Å². The Kier molecular flexibility index (Phi) is 5.77. The molecule has 176 valence electrons. The van der Waals surface area contributed by atoms with Crippen molar-refractivity contribution in [2.45, 2.75) is 19.6 Å². The van der Waals surface area contributed by atoms with Crippen molar-refractivity contribution in [3.63, 3.8) is 0 Å². The number of Topliss-reactive ketones (excluding diaryl/α,β-unsaturated/α-hetero) is 1. The molecule has 0 atom stereocenters. The lowest BCUT2D eigenvalue weighted by Crippen LogP contribution is -2.05. The van der Waals surface area contributed by atoms with E-state index in [-0.39, 0.29) is 5.78 Å². The van der Waals surface area contributed by atoms with E-state index in [9.17, 15) is 4.79 Å². The summed E-state index contributed by atoms with van der Waals surface area (Å²) in [6, 6.07) is 19.4. The molecule has 36 heavy (non-hydrogen) atoms. The first-order chi connectivity index (χ1) is 17.7. The van der Waals surface area contributed by atoms with E-state index in [4.69, 9.17) is 14.7 Å². The summed E-state index contributed by atoms with van der Waals surface area (Å²) in [6.07, 6.45) is 7.21. The van der Waals surface area contributed by atoms with Crippen molar-refractivity contribution in [2.75, 3.05) is 5.32 Å². The van der Waals surface area contributed by atoms with Crippen molar-refractivity contribution in [3.05, 3.63) is 108 Å². The number of anilines is 2. The van der Waals surface area contributed by atoms with Gasteiger partial charge in [0.05, 0.1) is 25.1 Å². The topological polar surface area (TPSA) is 106 Å². The summed E-state index contributed by atoms with van der Waals surface area (Å²) in [5, 5.41) is 10.3. The highest BCUT2D eigenvalue weighted by Crippen LogP contribution is 2.31. The van der Waals surface area contributed by atoms with Gasteiger partial charge in [0.2, 0.25) is 0 Å². The molecule has 0 aliphatic carbocycles. The van der Waals surface area contributed by atoms with E-state index in [1.807, 2.05) is 54.7 Å². The average Bonchev–Trinajstić information content (AvgIpc) is 3.63. The molecule has 0 saturated heterocycles. The minimum Gasteiger partial charge on any atom is -0.370 e. The Hall–Kier alpha value is -4.69. The molecule has 3 aromatic heterocycles. The summed E-state index contributed by atoms with van der Waals surface area (Å²) in [4.78, 5) is 26.3. The van der Waals surface area contributed by atoms with Gasteiger partial charge < -0.3 is 10.1 Å². The Labute approximate surface area is 207 Å². The predicted octanol–water partition coefficient (Wildman–Crippen LogP) is 5.13. The fraction of sp³-hybridized carbons (Fsp3) is 0.107. The molecular formula is C28H22N6O2. The molecule has 2 aromatic carbocycles. The second-order valence-electron chi connectivity index (χ2n) is 8.54. The fourth-order valence-electron chi connectivity index (χ4n) is 4.22. The van der Waals surface area contributed by atoms with Crippen molar-refractivity contribution >= 4 is 17.3 Å². The summed E-state index contributed by atoms with van der Waals surface area (Å²) < 4.78 is 5.67. The summed E-state index contributed by atoms with van der Waals surface area (Å²) in [5.41, 5.74) is 7.25. The summed E-state index contributed by atoms with van der Waals surface area (Å²) in [7, 11) is 0. The summed E-state index contributed by atoms with van der Waals surface area (Å²) >= 11 is 0. The molecule has 0 saturated carbocycles. The zero-order valence-corrected chi connectivity index (χ0v) is 19.3. The van der Waals surface area contributed by atoms with Gasteiger partial charge in [0.1, 0.15) is 5.82 Å². The molecule has 0 amide bonds. The number of carbonyl (C=O) groups is 1. The molecule has 8 heteroatoms. The number of carbonyl (C=O) groups excluding carboxylic acids is 1. The first-order valence-corrected chi connectivity index (χ1v) is 11.6. The number of nitrogens with zero attached hydrogens (tertiary/aromatic N) is 4. The highest BCUT2D eigenvalue weighted by molar-refractivity contribution is 5.97. The number of aromatic amines is 1. The number of ether oxygens (including phenoxy) is 1. The number of nitrogens with one attached hydrogen (secondary N) is 2. The zero-order chi connectivity index (χ0) is 24.3. The first kappa shape index (κ1) is 21.8. The van der Waals surface area contributed by atoms with Crippen LogP contribution in [0.5, 0.6) is 0 Å². The molecule has 0 radical (unpaired) electrons. The smallest absolute Gasteiger partial charge is 0.167 e. The maximum absolute atomic E-state index is 12.7. The molecule has 5 aromatic rings. The van der Waals surface area contributed by atoms with E-state index in [2.05, 4.69) is 20.5 Å². The van der Waals surface area contributed by atoms with E-state index in [0.717, 1.165) is 45.0 Å². The molecule has 0 unspecified atom stereocenters. The number of hydrogen-bond donors (Lipinski definition) is 2. The van der Waals surface area contributed by atoms with Gasteiger partial charge in [0.15, 0.2) is 11.6 Å². The van der Waals surface area contributed by atoms with Gasteiger partial charge in [0, 0.05) is 53.0 Å². The molecule has 0 spiro atoms. The quantitative estimate of drug-likeness (QED) is 0.315. The Morgan fingerprint density at radius 1 is 0.944 bits per heavy atom. The van der Waals surface area contributed by atoms with Gasteiger partial charge in [-0.3, -0.25) is 14.9 Å². The largest absolute Gasteiger partial charge is 0.370 e. The van der Waals surface area contributed by atoms with Gasteiger partial charge in [-0.05, 0) is 41.5 Å². The van der Waals surface area contributed by atoms with Crippen molar-refractivity contribution in [1.29, 1.82) is 0 Å². The molecule has 2 N–H and O–H groups in total. The Bertz CT molecular complexity index is 1520. The van der Waals surface area contributed by atoms with E-state index >= 15 is 0 Å². The van der Waals surface area contributed by atoms with Crippen molar-refractivity contribution < 1.29 is 9.53 Å². The number of fused-ring (bicyclic) bond motifs is 1. The zero-order valence-electron chi connectivity index (χ0n) is 19.3. The Morgan fingerprint density at radius 2 is 1.81 bits per heavy atom. The minimum atomic E-state index is 0.0408. The molecule has 6 rings (SSSR count). The first-order valence-electron chi connectivity index (χ1n) is 11.6. The average molecular weight is 475 g/mol. The molecule has 8 nitrogen and oxygen atoms in total. The van der Waals surface area contributed by atoms with Gasteiger partial charge in [-0.15, -0.1) is 0 Å².